The van der Waals surface area contributed by atoms with Gasteiger partial charge in [-0.3, -0.25) is 9.23 Å². The fraction of sp³-hybridized carbons (Fsp3) is 0.667. The van der Waals surface area contributed by atoms with Gasteiger partial charge in [-0.15, -0.1) is 0 Å². The van der Waals surface area contributed by atoms with E-state index in [0.29, 0.717) is 19.2 Å². The van der Waals surface area contributed by atoms with Crippen molar-refractivity contribution in [2.75, 3.05) is 13.9 Å². The van der Waals surface area contributed by atoms with Crippen LogP contribution in [0.3, 0.4) is 0 Å². The normalized spacial score (nSPS) is 18.1. The summed E-state index contributed by atoms with van der Waals surface area (Å²) in [7, 11) is 0.500. The first-order valence-corrected chi connectivity index (χ1v) is 8.28. The molecular weight excluding hydrogens is 341 g/mol. The molecule has 2 atom stereocenters. The lowest BCUT2D eigenvalue weighted by atomic mass is 10.0. The molecule has 7 heteroatoms. The van der Waals surface area contributed by atoms with Crippen molar-refractivity contribution in [2.24, 2.45) is 0 Å². The van der Waals surface area contributed by atoms with Crippen LogP contribution in [0.2, 0.25) is 0 Å². The van der Waals surface area contributed by atoms with E-state index in [0.717, 1.165) is 13.8 Å². The predicted octanol–water partition coefficient (Wildman–Crippen LogP) is 6.43. The lowest BCUT2D eigenvalue weighted by Gasteiger charge is -2.08. The molecule has 1 aromatic rings. The topological polar surface area (TPSA) is 21.3 Å². The summed E-state index contributed by atoms with van der Waals surface area (Å²) in [5.74, 6) is -2.78. The molecule has 1 aliphatic heterocycles. The van der Waals surface area contributed by atoms with Gasteiger partial charge in [-0.2, -0.15) is 5.48 Å². The summed E-state index contributed by atoms with van der Waals surface area (Å²) in [6.45, 7) is 9.16. The van der Waals surface area contributed by atoms with Crippen LogP contribution in [0.1, 0.15) is 59.6 Å². The van der Waals surface area contributed by atoms with Crippen LogP contribution in [0.15, 0.2) is 24.3 Å². The number of hydrogen-bond acceptors (Lipinski definition) is 2. The first kappa shape index (κ1) is 28.6. The smallest absolute Gasteiger partial charge is 0.242 e. The molecule has 150 valence electrons. The molecular formula is C18H32F5NO. The van der Waals surface area contributed by atoms with Crippen molar-refractivity contribution < 1.29 is 26.8 Å². The minimum Gasteiger partial charge on any atom is -0.295 e. The second-order valence-corrected chi connectivity index (χ2v) is 4.65. The Kier molecular flexibility index (Phi) is 20.1. The number of hydrogen-bond donors (Lipinski definition) is 1. The minimum atomic E-state index is -2.50. The summed E-state index contributed by atoms with van der Waals surface area (Å²) in [5, 5.41) is 0. The van der Waals surface area contributed by atoms with Crippen LogP contribution >= 0.6 is 0 Å². The second kappa shape index (κ2) is 17.6. The summed E-state index contributed by atoms with van der Waals surface area (Å²) >= 11 is 0. The predicted molar refractivity (Wildman–Crippen MR) is 93.8 cm³/mol. The highest BCUT2D eigenvalue weighted by Crippen LogP contribution is 2.27. The Bertz CT molecular complexity index is 393. The maximum absolute atomic E-state index is 13.3. The molecule has 1 saturated heterocycles. The van der Waals surface area contributed by atoms with E-state index in [1.54, 1.807) is 18.2 Å². The van der Waals surface area contributed by atoms with Gasteiger partial charge < -0.3 is 0 Å². The number of halogens is 5. The summed E-state index contributed by atoms with van der Waals surface area (Å²) in [5.41, 5.74) is 3.17. The van der Waals surface area contributed by atoms with E-state index in [2.05, 4.69) is 5.48 Å². The molecule has 0 aliphatic carbocycles. The van der Waals surface area contributed by atoms with Crippen LogP contribution < -0.4 is 5.48 Å². The van der Waals surface area contributed by atoms with E-state index in [9.17, 15) is 22.0 Å². The quantitative estimate of drug-likeness (QED) is 0.603. The van der Waals surface area contributed by atoms with Gasteiger partial charge in [0.2, 0.25) is 5.92 Å². The maximum atomic E-state index is 13.3. The van der Waals surface area contributed by atoms with Crippen LogP contribution in [0.5, 0.6) is 0 Å². The van der Waals surface area contributed by atoms with Crippen molar-refractivity contribution in [1.29, 1.82) is 0 Å². The van der Waals surface area contributed by atoms with E-state index in [4.69, 9.17) is 4.84 Å². The molecule has 0 spiro atoms. The Morgan fingerprint density at radius 1 is 1.08 bits per heavy atom. The largest absolute Gasteiger partial charge is 0.295 e. The monoisotopic (exact) mass is 373 g/mol. The van der Waals surface area contributed by atoms with Gasteiger partial charge >= 0.3 is 0 Å². The zero-order valence-electron chi connectivity index (χ0n) is 16.2. The highest BCUT2D eigenvalue weighted by atomic mass is 19.3. The number of benzene rings is 1. The van der Waals surface area contributed by atoms with Crippen LogP contribution in [0.25, 0.3) is 0 Å². The van der Waals surface area contributed by atoms with Crippen LogP contribution in [-0.2, 0) is 4.84 Å². The van der Waals surface area contributed by atoms with Gasteiger partial charge in [0.15, 0.2) is 0 Å². The number of rotatable bonds is 2. The fourth-order valence-electron chi connectivity index (χ4n) is 1.58. The van der Waals surface area contributed by atoms with E-state index >= 15 is 0 Å². The van der Waals surface area contributed by atoms with Gasteiger partial charge in [-0.05, 0) is 26.3 Å². The highest BCUT2D eigenvalue weighted by Gasteiger charge is 2.27. The molecule has 2 nitrogen and oxygen atoms in total. The number of nitrogens with one attached hydrogen (secondary N) is 1. The molecule has 0 aromatic heterocycles. The third-order valence-corrected chi connectivity index (χ3v) is 2.33. The molecule has 1 heterocycles. The Hall–Kier alpha value is -1.21. The molecule has 2 rings (SSSR count). The van der Waals surface area contributed by atoms with E-state index in [1.165, 1.54) is 6.07 Å². The molecule has 1 aliphatic rings. The summed E-state index contributed by atoms with van der Waals surface area (Å²) in [6, 6.07) is 6.21. The Morgan fingerprint density at radius 3 is 1.88 bits per heavy atom. The van der Waals surface area contributed by atoms with Gasteiger partial charge in [-0.25, -0.2) is 17.6 Å². The van der Waals surface area contributed by atoms with Crippen LogP contribution in [0.4, 0.5) is 22.0 Å². The molecule has 1 aromatic carbocycles. The Balaban J connectivity index is -0.000000373. The van der Waals surface area contributed by atoms with Crippen molar-refractivity contribution in [3.05, 3.63) is 35.6 Å². The zero-order chi connectivity index (χ0) is 20.5. The van der Waals surface area contributed by atoms with Gasteiger partial charge in [0.25, 0.3) is 0 Å². The van der Waals surface area contributed by atoms with Crippen molar-refractivity contribution in [2.45, 2.75) is 66.0 Å². The van der Waals surface area contributed by atoms with Gasteiger partial charge in [-0.1, -0.05) is 45.9 Å². The second-order valence-electron chi connectivity index (χ2n) is 4.65. The molecule has 0 bridgehead atoms. The fourth-order valence-corrected chi connectivity index (χ4v) is 1.58. The highest BCUT2D eigenvalue weighted by molar-refractivity contribution is 5.21. The first-order chi connectivity index (χ1) is 11.8. The molecule has 25 heavy (non-hydrogen) atoms. The maximum Gasteiger partial charge on any atom is 0.242 e. The van der Waals surface area contributed by atoms with Crippen LogP contribution in [0, 0.1) is 5.82 Å². The number of alkyl halides is 4. The summed E-state index contributed by atoms with van der Waals surface area (Å²) in [4.78, 5) is 4.93. The Morgan fingerprint density at radius 2 is 1.52 bits per heavy atom. The summed E-state index contributed by atoms with van der Waals surface area (Å²) < 4.78 is 57.1. The lowest BCUT2D eigenvalue weighted by Crippen LogP contribution is -2.13. The van der Waals surface area contributed by atoms with Crippen molar-refractivity contribution in [3.8, 4) is 0 Å². The average Bonchev–Trinajstić information content (AvgIpc) is 3.08. The molecule has 0 radical (unpaired) electrons. The zero-order valence-corrected chi connectivity index (χ0v) is 16.2. The number of hydroxylamine groups is 1. The van der Waals surface area contributed by atoms with E-state index in [-0.39, 0.29) is 11.9 Å². The van der Waals surface area contributed by atoms with Crippen LogP contribution in [-0.4, -0.2) is 25.9 Å². The van der Waals surface area contributed by atoms with Gasteiger partial charge in [0, 0.05) is 5.56 Å². The molecule has 0 saturated carbocycles. The van der Waals surface area contributed by atoms with Crippen molar-refractivity contribution >= 4 is 0 Å². The molecule has 1 fully saturated rings. The summed E-state index contributed by atoms with van der Waals surface area (Å²) in [6.07, 6.45) is 0.0110. The molecule has 2 unspecified atom stereocenters. The SMILES string of the molecule is CC.CC.CC(C)(F)F.CF.FCC1CC(c2ccccc2F)NO1. The third-order valence-electron chi connectivity index (χ3n) is 2.33. The minimum absolute atomic E-state index is 0.239. The lowest BCUT2D eigenvalue weighted by molar-refractivity contribution is 0.0137. The van der Waals surface area contributed by atoms with Gasteiger partial charge in [0.1, 0.15) is 18.6 Å². The van der Waals surface area contributed by atoms with E-state index < -0.39 is 18.7 Å². The van der Waals surface area contributed by atoms with E-state index in [1.807, 2.05) is 27.7 Å². The van der Waals surface area contributed by atoms with Gasteiger partial charge in [0.05, 0.1) is 13.2 Å². The van der Waals surface area contributed by atoms with Crippen molar-refractivity contribution in [3.63, 3.8) is 0 Å². The average molecular weight is 373 g/mol. The van der Waals surface area contributed by atoms with Crippen molar-refractivity contribution in [1.82, 2.24) is 5.48 Å². The third kappa shape index (κ3) is 16.0. The standard InChI is InChI=1S/C10H11F2NO.C3H6F2.2C2H6.CH3F/c11-6-7-5-10(13-14-7)8-3-1-2-4-9(8)12;1-3(2,4)5;3*1-2/h1-4,7,10,13H,5-6H2;1-2H3;2*1-2H3;1H3. The molecule has 0 amide bonds. The molecule has 1 N–H and O–H groups in total. The first-order valence-electron chi connectivity index (χ1n) is 8.28. The Labute approximate surface area is 148 Å².